The Morgan fingerprint density at radius 3 is 2.88 bits per heavy atom. The molecule has 92 valence electrons. The molecule has 1 aromatic carbocycles. The van der Waals surface area contributed by atoms with Crippen LogP contribution in [0.1, 0.15) is 25.5 Å². The fourth-order valence-electron chi connectivity index (χ4n) is 2.02. The summed E-state index contributed by atoms with van der Waals surface area (Å²) in [6.45, 7) is 4.45. The average molecular weight is 235 g/mol. The van der Waals surface area contributed by atoms with Gasteiger partial charge in [0.1, 0.15) is 0 Å². The summed E-state index contributed by atoms with van der Waals surface area (Å²) in [6.07, 6.45) is 0.737. The molecular formula is C12H17N3O2. The van der Waals surface area contributed by atoms with Crippen molar-refractivity contribution in [1.82, 2.24) is 9.55 Å². The highest BCUT2D eigenvalue weighted by atomic mass is 16.6. The summed E-state index contributed by atoms with van der Waals surface area (Å²) in [6, 6.07) is 6.07. The van der Waals surface area contributed by atoms with Crippen molar-refractivity contribution in [3.63, 3.8) is 0 Å². The molecule has 5 heteroatoms. The van der Waals surface area contributed by atoms with Crippen LogP contribution in [0.25, 0.3) is 11.0 Å². The second kappa shape index (κ2) is 4.73. The second-order valence-electron chi connectivity index (χ2n) is 4.37. The van der Waals surface area contributed by atoms with E-state index in [2.05, 4.69) is 9.82 Å². The molecule has 0 saturated heterocycles. The maximum absolute atomic E-state index is 11.8. The van der Waals surface area contributed by atoms with E-state index in [1.165, 1.54) is 0 Å². The zero-order valence-corrected chi connectivity index (χ0v) is 10.1. The van der Waals surface area contributed by atoms with E-state index in [-0.39, 0.29) is 11.7 Å². The summed E-state index contributed by atoms with van der Waals surface area (Å²) in [5, 5.41) is 0. The molecular weight excluding hydrogens is 218 g/mol. The normalized spacial score (nSPS) is 11.5. The summed E-state index contributed by atoms with van der Waals surface area (Å²) in [5.41, 5.74) is 2.82. The van der Waals surface area contributed by atoms with Crippen molar-refractivity contribution in [3.05, 3.63) is 34.2 Å². The lowest BCUT2D eigenvalue weighted by Crippen LogP contribution is -2.18. The van der Waals surface area contributed by atoms with Crippen molar-refractivity contribution in [2.45, 2.75) is 26.3 Å². The third-order valence-corrected chi connectivity index (χ3v) is 2.81. The first kappa shape index (κ1) is 11.9. The van der Waals surface area contributed by atoms with Crippen LogP contribution in [0.3, 0.4) is 0 Å². The van der Waals surface area contributed by atoms with Gasteiger partial charge in [-0.05, 0) is 38.0 Å². The third-order valence-electron chi connectivity index (χ3n) is 2.81. The Balaban J connectivity index is 2.46. The molecule has 0 radical (unpaired) electrons. The lowest BCUT2D eigenvalue weighted by molar-refractivity contribution is 0.141. The third kappa shape index (κ3) is 2.25. The Hall–Kier alpha value is -1.59. The van der Waals surface area contributed by atoms with Gasteiger partial charge in [0, 0.05) is 6.04 Å². The van der Waals surface area contributed by atoms with Gasteiger partial charge in [-0.3, -0.25) is 4.57 Å². The van der Waals surface area contributed by atoms with Crippen LogP contribution in [0.5, 0.6) is 0 Å². The number of nitrogens with zero attached hydrogens (tertiary/aromatic N) is 1. The van der Waals surface area contributed by atoms with E-state index < -0.39 is 0 Å². The minimum Gasteiger partial charge on any atom is -0.306 e. The van der Waals surface area contributed by atoms with E-state index >= 15 is 0 Å². The minimum absolute atomic E-state index is 0.0674. The topological polar surface area (TPSA) is 73.0 Å². The number of hydrogen-bond donors (Lipinski definition) is 2. The van der Waals surface area contributed by atoms with E-state index in [0.29, 0.717) is 6.61 Å². The van der Waals surface area contributed by atoms with Gasteiger partial charge in [-0.1, -0.05) is 6.07 Å². The Kier molecular flexibility index (Phi) is 3.31. The number of imidazole rings is 1. The van der Waals surface area contributed by atoms with Crippen molar-refractivity contribution in [1.29, 1.82) is 0 Å². The highest BCUT2D eigenvalue weighted by Crippen LogP contribution is 2.16. The summed E-state index contributed by atoms with van der Waals surface area (Å²) >= 11 is 0. The quantitative estimate of drug-likeness (QED) is 0.785. The molecule has 0 aliphatic rings. The number of hydrogen-bond acceptors (Lipinski definition) is 3. The predicted octanol–water partition coefficient (Wildman–Crippen LogP) is 1.34. The predicted molar refractivity (Wildman–Crippen MR) is 66.8 cm³/mol. The molecule has 5 nitrogen and oxygen atoms in total. The maximum Gasteiger partial charge on any atom is 0.326 e. The smallest absolute Gasteiger partial charge is 0.306 e. The first-order valence-corrected chi connectivity index (χ1v) is 5.68. The number of nitrogens with two attached hydrogens (primary N) is 1. The van der Waals surface area contributed by atoms with Gasteiger partial charge in [0.05, 0.1) is 17.6 Å². The number of H-pyrrole nitrogens is 1. The zero-order chi connectivity index (χ0) is 12.4. The highest BCUT2D eigenvalue weighted by molar-refractivity contribution is 5.76. The largest absolute Gasteiger partial charge is 0.326 e. The van der Waals surface area contributed by atoms with Crippen molar-refractivity contribution >= 4 is 11.0 Å². The summed E-state index contributed by atoms with van der Waals surface area (Å²) in [7, 11) is 0. The van der Waals surface area contributed by atoms with Gasteiger partial charge in [0.25, 0.3) is 0 Å². The molecule has 0 saturated carbocycles. The molecule has 0 aliphatic carbocycles. The fraction of sp³-hybridized carbons (Fsp3) is 0.417. The number of aromatic nitrogens is 2. The van der Waals surface area contributed by atoms with Crippen LogP contribution in [0, 0.1) is 0 Å². The minimum atomic E-state index is -0.0674. The van der Waals surface area contributed by atoms with Crippen molar-refractivity contribution in [2.75, 3.05) is 6.61 Å². The van der Waals surface area contributed by atoms with Crippen molar-refractivity contribution in [2.24, 2.45) is 5.90 Å². The summed E-state index contributed by atoms with van der Waals surface area (Å²) in [5.74, 6) is 5.00. The van der Waals surface area contributed by atoms with Gasteiger partial charge >= 0.3 is 5.69 Å². The first-order chi connectivity index (χ1) is 8.13. The second-order valence-corrected chi connectivity index (χ2v) is 4.37. The van der Waals surface area contributed by atoms with Gasteiger partial charge < -0.3 is 9.82 Å². The number of nitrogens with one attached hydrogen (secondary N) is 1. The fourth-order valence-corrected chi connectivity index (χ4v) is 2.02. The van der Waals surface area contributed by atoms with Gasteiger partial charge in [-0.25, -0.2) is 10.7 Å². The molecule has 2 aromatic rings. The van der Waals surface area contributed by atoms with Crippen molar-refractivity contribution < 1.29 is 4.84 Å². The van der Waals surface area contributed by atoms with Crippen LogP contribution >= 0.6 is 0 Å². The number of rotatable bonds is 4. The Bertz CT molecular complexity index is 569. The lowest BCUT2D eigenvalue weighted by Gasteiger charge is -2.07. The molecule has 0 fully saturated rings. The molecule has 0 amide bonds. The van der Waals surface area contributed by atoms with Gasteiger partial charge in [-0.2, -0.15) is 0 Å². The van der Waals surface area contributed by atoms with Gasteiger partial charge in [0.2, 0.25) is 0 Å². The molecule has 1 heterocycles. The van der Waals surface area contributed by atoms with Crippen LogP contribution < -0.4 is 11.6 Å². The zero-order valence-electron chi connectivity index (χ0n) is 10.1. The Morgan fingerprint density at radius 1 is 1.47 bits per heavy atom. The molecule has 0 atom stereocenters. The number of fused-ring (bicyclic) bond motifs is 1. The molecule has 3 N–H and O–H groups in total. The maximum atomic E-state index is 11.8. The van der Waals surface area contributed by atoms with Gasteiger partial charge in [0.15, 0.2) is 0 Å². The van der Waals surface area contributed by atoms with Crippen LogP contribution in [-0.4, -0.2) is 16.2 Å². The van der Waals surface area contributed by atoms with E-state index in [1.807, 2.05) is 32.0 Å². The Labute approximate surface area is 99.1 Å². The van der Waals surface area contributed by atoms with Crippen LogP contribution in [0.2, 0.25) is 0 Å². The van der Waals surface area contributed by atoms with E-state index in [0.717, 1.165) is 23.0 Å². The lowest BCUT2D eigenvalue weighted by atomic mass is 10.1. The first-order valence-electron chi connectivity index (χ1n) is 5.68. The van der Waals surface area contributed by atoms with Crippen LogP contribution in [0.4, 0.5) is 0 Å². The molecule has 0 unspecified atom stereocenters. The monoisotopic (exact) mass is 235 g/mol. The summed E-state index contributed by atoms with van der Waals surface area (Å²) < 4.78 is 1.75. The molecule has 2 rings (SSSR count). The standard InChI is InChI=1S/C12H17N3O2/c1-8(2)15-11-4-3-9(5-6-17-13)7-10(11)14-12(15)16/h3-4,7-8H,5-6,13H2,1-2H3,(H,14,16). The molecule has 0 bridgehead atoms. The van der Waals surface area contributed by atoms with Crippen molar-refractivity contribution in [3.8, 4) is 0 Å². The average Bonchev–Trinajstić information content (AvgIpc) is 2.61. The van der Waals surface area contributed by atoms with E-state index in [4.69, 9.17) is 5.90 Å². The van der Waals surface area contributed by atoms with Crippen LogP contribution in [-0.2, 0) is 11.3 Å². The van der Waals surface area contributed by atoms with E-state index in [1.54, 1.807) is 4.57 Å². The molecule has 1 aromatic heterocycles. The molecule has 17 heavy (non-hydrogen) atoms. The molecule has 0 spiro atoms. The van der Waals surface area contributed by atoms with Gasteiger partial charge in [-0.15, -0.1) is 0 Å². The SMILES string of the molecule is CC(C)n1c(=O)[nH]c2cc(CCON)ccc21. The van der Waals surface area contributed by atoms with Crippen LogP contribution in [0.15, 0.2) is 23.0 Å². The summed E-state index contributed by atoms with van der Waals surface area (Å²) in [4.78, 5) is 19.2. The highest BCUT2D eigenvalue weighted by Gasteiger charge is 2.09. The number of benzene rings is 1. The molecule has 0 aliphatic heterocycles. The Morgan fingerprint density at radius 2 is 2.24 bits per heavy atom. The number of aromatic amines is 1. The van der Waals surface area contributed by atoms with E-state index in [9.17, 15) is 4.79 Å².